The lowest BCUT2D eigenvalue weighted by Gasteiger charge is -2.05. The highest BCUT2D eigenvalue weighted by Gasteiger charge is 2.15. The maximum atomic E-state index is 13.8. The molecule has 102 valence electrons. The van der Waals surface area contributed by atoms with Crippen molar-refractivity contribution in [3.8, 4) is 11.6 Å². The van der Waals surface area contributed by atoms with Crippen molar-refractivity contribution in [3.05, 3.63) is 58.6 Å². The molecule has 0 radical (unpaired) electrons. The Hall–Kier alpha value is -1.59. The molecule has 0 amide bonds. The first-order valence-corrected chi connectivity index (χ1v) is 7.16. The van der Waals surface area contributed by atoms with E-state index in [0.29, 0.717) is 21.7 Å². The average Bonchev–Trinajstić information content (AvgIpc) is 2.79. The second kappa shape index (κ2) is 5.42. The summed E-state index contributed by atoms with van der Waals surface area (Å²) in [5.74, 6) is 0.186. The summed E-state index contributed by atoms with van der Waals surface area (Å²) >= 11 is 9.14. The minimum atomic E-state index is -0.461. The van der Waals surface area contributed by atoms with Crippen molar-refractivity contribution in [2.75, 3.05) is 0 Å². The van der Waals surface area contributed by atoms with Crippen LogP contribution in [0.4, 0.5) is 4.39 Å². The topological polar surface area (TPSA) is 26.5 Å². The smallest absolute Gasteiger partial charge is 0.242 e. The largest absolute Gasteiger partial charge is 0.434 e. The maximum absolute atomic E-state index is 13.8. The molecule has 0 saturated carbocycles. The molecule has 0 unspecified atom stereocenters. The lowest BCUT2D eigenvalue weighted by atomic mass is 10.3. The van der Waals surface area contributed by atoms with Crippen LogP contribution in [0.2, 0.25) is 0 Å². The number of ether oxygens (including phenoxy) is 1. The van der Waals surface area contributed by atoms with E-state index in [2.05, 4.69) is 20.9 Å². The zero-order valence-corrected chi connectivity index (χ0v) is 12.5. The number of halogens is 3. The van der Waals surface area contributed by atoms with Crippen LogP contribution in [-0.4, -0.2) is 9.38 Å². The number of benzene rings is 1. The fourth-order valence-corrected chi connectivity index (χ4v) is 2.47. The molecule has 0 aliphatic heterocycles. The van der Waals surface area contributed by atoms with E-state index in [-0.39, 0.29) is 11.6 Å². The van der Waals surface area contributed by atoms with Crippen LogP contribution in [0.5, 0.6) is 11.6 Å². The normalized spacial score (nSPS) is 10.9. The number of imidazole rings is 1. The molecule has 2 heterocycles. The number of nitrogens with zero attached hydrogens (tertiary/aromatic N) is 2. The maximum Gasteiger partial charge on any atom is 0.242 e. The Morgan fingerprint density at radius 2 is 2.15 bits per heavy atom. The van der Waals surface area contributed by atoms with Crippen molar-refractivity contribution < 1.29 is 9.13 Å². The van der Waals surface area contributed by atoms with Gasteiger partial charge in [0.05, 0.1) is 5.88 Å². The van der Waals surface area contributed by atoms with Crippen molar-refractivity contribution in [1.82, 2.24) is 9.38 Å². The fourth-order valence-electron chi connectivity index (χ4n) is 1.89. The van der Waals surface area contributed by atoms with Crippen molar-refractivity contribution >= 4 is 33.2 Å². The van der Waals surface area contributed by atoms with E-state index in [0.717, 1.165) is 0 Å². The highest BCUT2D eigenvalue weighted by Crippen LogP contribution is 2.30. The lowest BCUT2D eigenvalue weighted by molar-refractivity contribution is 0.426. The van der Waals surface area contributed by atoms with E-state index >= 15 is 0 Å². The van der Waals surface area contributed by atoms with Gasteiger partial charge in [-0.1, -0.05) is 22.0 Å². The highest BCUT2D eigenvalue weighted by molar-refractivity contribution is 9.10. The second-order valence-corrected chi connectivity index (χ2v) is 5.29. The monoisotopic (exact) mass is 354 g/mol. The van der Waals surface area contributed by atoms with Gasteiger partial charge in [-0.05, 0) is 30.3 Å². The average molecular weight is 356 g/mol. The number of hydrogen-bond donors (Lipinski definition) is 0. The van der Waals surface area contributed by atoms with Gasteiger partial charge in [-0.15, -0.1) is 11.6 Å². The van der Waals surface area contributed by atoms with Crippen LogP contribution in [0.25, 0.3) is 5.65 Å². The van der Waals surface area contributed by atoms with Crippen LogP contribution in [0.3, 0.4) is 0 Å². The summed E-state index contributed by atoms with van der Waals surface area (Å²) < 4.78 is 21.8. The van der Waals surface area contributed by atoms with Gasteiger partial charge in [0.25, 0.3) is 0 Å². The van der Waals surface area contributed by atoms with Crippen molar-refractivity contribution in [1.29, 1.82) is 0 Å². The van der Waals surface area contributed by atoms with Gasteiger partial charge in [-0.3, -0.25) is 4.40 Å². The van der Waals surface area contributed by atoms with Gasteiger partial charge in [0.1, 0.15) is 11.3 Å². The number of pyridine rings is 1. The van der Waals surface area contributed by atoms with Gasteiger partial charge in [0.15, 0.2) is 11.6 Å². The van der Waals surface area contributed by atoms with Gasteiger partial charge in [-0.25, -0.2) is 4.39 Å². The number of aromatic nitrogens is 2. The summed E-state index contributed by atoms with van der Waals surface area (Å²) in [6.07, 6.45) is 1.84. The molecule has 0 atom stereocenters. The van der Waals surface area contributed by atoms with Crippen LogP contribution in [0.1, 0.15) is 5.69 Å². The first-order chi connectivity index (χ1) is 9.69. The number of alkyl halides is 1. The first kappa shape index (κ1) is 13.4. The minimum Gasteiger partial charge on any atom is -0.434 e. The van der Waals surface area contributed by atoms with Gasteiger partial charge in [0, 0.05) is 10.7 Å². The first-order valence-electron chi connectivity index (χ1n) is 5.84. The van der Waals surface area contributed by atoms with E-state index in [4.69, 9.17) is 16.3 Å². The molecule has 0 bridgehead atoms. The molecule has 3 aromatic rings. The molecule has 3 nitrogen and oxygen atoms in total. The fraction of sp³-hybridized carbons (Fsp3) is 0.0714. The third kappa shape index (κ3) is 2.39. The van der Waals surface area contributed by atoms with Gasteiger partial charge in [0.2, 0.25) is 5.88 Å². The molecule has 0 saturated heterocycles. The standard InChI is InChI=1S/C14H9BrClFN2O/c15-9-4-5-12(10(17)7-9)20-14-11(8-16)19-6-2-1-3-13(19)18-14/h1-7H,8H2. The Balaban J connectivity index is 2.06. The van der Waals surface area contributed by atoms with E-state index in [1.165, 1.54) is 6.07 Å². The molecule has 0 N–H and O–H groups in total. The summed E-state index contributed by atoms with van der Waals surface area (Å²) in [6.45, 7) is 0. The summed E-state index contributed by atoms with van der Waals surface area (Å²) in [4.78, 5) is 4.32. The number of rotatable bonds is 3. The summed E-state index contributed by atoms with van der Waals surface area (Å²) in [5.41, 5.74) is 1.39. The van der Waals surface area contributed by atoms with Crippen LogP contribution in [0, 0.1) is 5.82 Å². The lowest BCUT2D eigenvalue weighted by Crippen LogP contribution is -1.93. The third-order valence-electron chi connectivity index (χ3n) is 2.82. The molecular formula is C14H9BrClFN2O. The predicted octanol–water partition coefficient (Wildman–Crippen LogP) is 4.77. The van der Waals surface area contributed by atoms with E-state index in [1.54, 1.807) is 12.1 Å². The molecule has 2 aromatic heterocycles. The Morgan fingerprint density at radius 1 is 1.30 bits per heavy atom. The van der Waals surface area contributed by atoms with E-state index in [1.807, 2.05) is 28.8 Å². The quantitative estimate of drug-likeness (QED) is 0.633. The molecule has 0 aliphatic rings. The molecule has 3 rings (SSSR count). The van der Waals surface area contributed by atoms with Crippen molar-refractivity contribution in [2.45, 2.75) is 5.88 Å². The summed E-state index contributed by atoms with van der Waals surface area (Å²) in [5, 5.41) is 0. The molecule has 1 aromatic carbocycles. The van der Waals surface area contributed by atoms with Crippen LogP contribution in [0.15, 0.2) is 47.1 Å². The van der Waals surface area contributed by atoms with E-state index in [9.17, 15) is 4.39 Å². The summed E-state index contributed by atoms with van der Waals surface area (Å²) in [7, 11) is 0. The molecule has 0 aliphatic carbocycles. The molecule has 20 heavy (non-hydrogen) atoms. The third-order valence-corrected chi connectivity index (χ3v) is 3.57. The van der Waals surface area contributed by atoms with Gasteiger partial charge in [-0.2, -0.15) is 4.98 Å². The SMILES string of the molecule is Fc1cc(Br)ccc1Oc1nc2ccccn2c1CCl. The van der Waals surface area contributed by atoms with Crippen molar-refractivity contribution in [2.24, 2.45) is 0 Å². The Bertz CT molecular complexity index is 775. The predicted molar refractivity (Wildman–Crippen MR) is 78.9 cm³/mol. The molecule has 0 fully saturated rings. The molecular weight excluding hydrogens is 347 g/mol. The Kier molecular flexibility index (Phi) is 3.63. The molecule has 0 spiro atoms. The second-order valence-electron chi connectivity index (χ2n) is 4.10. The van der Waals surface area contributed by atoms with Crippen LogP contribution >= 0.6 is 27.5 Å². The van der Waals surface area contributed by atoms with Crippen molar-refractivity contribution in [3.63, 3.8) is 0 Å². The Labute approximate surface area is 128 Å². The van der Waals surface area contributed by atoms with Crippen LogP contribution in [-0.2, 0) is 5.88 Å². The van der Waals surface area contributed by atoms with E-state index < -0.39 is 5.82 Å². The highest BCUT2D eigenvalue weighted by atomic mass is 79.9. The zero-order valence-electron chi connectivity index (χ0n) is 10.2. The minimum absolute atomic E-state index is 0.114. The van der Waals surface area contributed by atoms with Gasteiger partial charge >= 0.3 is 0 Å². The summed E-state index contributed by atoms with van der Waals surface area (Å²) in [6, 6.07) is 10.2. The van der Waals surface area contributed by atoms with Gasteiger partial charge < -0.3 is 4.74 Å². The zero-order chi connectivity index (χ0) is 14.1. The number of hydrogen-bond acceptors (Lipinski definition) is 2. The molecule has 6 heteroatoms. The Morgan fingerprint density at radius 3 is 2.90 bits per heavy atom. The van der Waals surface area contributed by atoms with Crippen LogP contribution < -0.4 is 4.74 Å². The number of fused-ring (bicyclic) bond motifs is 1.